The molecule has 1 saturated heterocycles. The Balaban J connectivity index is 1.61. The van der Waals surface area contributed by atoms with E-state index in [0.717, 1.165) is 38.5 Å². The van der Waals surface area contributed by atoms with Crippen molar-refractivity contribution in [2.45, 2.75) is 64.0 Å². The Labute approximate surface area is 121 Å². The average Bonchev–Trinajstić information content (AvgIpc) is 2.97. The Hall–Kier alpha value is -0.870. The van der Waals surface area contributed by atoms with Crippen molar-refractivity contribution < 1.29 is 9.26 Å². The molecular weight excluding hydrogens is 252 g/mol. The van der Waals surface area contributed by atoms with Gasteiger partial charge in [0.25, 0.3) is 0 Å². The second-order valence-corrected chi connectivity index (χ2v) is 6.16. The number of rotatable bonds is 4. The fraction of sp³-hybridized carbons (Fsp3) is 0.812. The van der Waals surface area contributed by atoms with Crippen LogP contribution in [0, 0.1) is 0 Å². The van der Waals surface area contributed by atoms with E-state index in [1.54, 1.807) is 0 Å². The first-order valence-electron chi connectivity index (χ1n) is 8.14. The van der Waals surface area contributed by atoms with Gasteiger partial charge in [0.05, 0.1) is 25.5 Å². The summed E-state index contributed by atoms with van der Waals surface area (Å²) >= 11 is 0. The Bertz CT molecular complexity index is 412. The van der Waals surface area contributed by atoms with E-state index in [2.05, 4.69) is 23.0 Å². The molecule has 0 spiro atoms. The first-order valence-corrected chi connectivity index (χ1v) is 8.14. The van der Waals surface area contributed by atoms with Gasteiger partial charge in [-0.25, -0.2) is 0 Å². The Morgan fingerprint density at radius 3 is 2.95 bits per heavy atom. The monoisotopic (exact) mass is 278 g/mol. The normalized spacial score (nSPS) is 25.9. The van der Waals surface area contributed by atoms with Crippen LogP contribution in [0.2, 0.25) is 0 Å². The van der Waals surface area contributed by atoms with Crippen molar-refractivity contribution in [3.05, 3.63) is 17.5 Å². The molecule has 0 N–H and O–H groups in total. The summed E-state index contributed by atoms with van der Waals surface area (Å²) in [7, 11) is 0. The molecule has 20 heavy (non-hydrogen) atoms. The van der Waals surface area contributed by atoms with E-state index in [-0.39, 0.29) is 0 Å². The third-order valence-electron chi connectivity index (χ3n) is 4.78. The van der Waals surface area contributed by atoms with Crippen LogP contribution in [0.5, 0.6) is 0 Å². The van der Waals surface area contributed by atoms with Gasteiger partial charge in [-0.3, -0.25) is 4.90 Å². The van der Waals surface area contributed by atoms with Crippen LogP contribution >= 0.6 is 0 Å². The van der Waals surface area contributed by atoms with E-state index >= 15 is 0 Å². The fourth-order valence-corrected chi connectivity index (χ4v) is 3.47. The zero-order valence-corrected chi connectivity index (χ0v) is 12.5. The minimum absolute atomic E-state index is 0.520. The van der Waals surface area contributed by atoms with Crippen molar-refractivity contribution in [3.8, 4) is 0 Å². The van der Waals surface area contributed by atoms with Crippen molar-refractivity contribution in [3.63, 3.8) is 0 Å². The first kappa shape index (κ1) is 14.1. The maximum atomic E-state index is 5.58. The van der Waals surface area contributed by atoms with Gasteiger partial charge in [-0.15, -0.1) is 0 Å². The second-order valence-electron chi connectivity index (χ2n) is 6.16. The molecule has 2 aliphatic rings. The highest BCUT2D eigenvalue weighted by atomic mass is 16.5. The van der Waals surface area contributed by atoms with E-state index < -0.39 is 0 Å². The van der Waals surface area contributed by atoms with Crippen molar-refractivity contribution in [2.75, 3.05) is 19.8 Å². The molecule has 1 aliphatic carbocycles. The summed E-state index contributed by atoms with van der Waals surface area (Å²) < 4.78 is 11.1. The topological polar surface area (TPSA) is 38.5 Å². The van der Waals surface area contributed by atoms with Gasteiger partial charge in [0.15, 0.2) is 5.76 Å². The SMILES string of the molecule is CCC1COCCN1Cc1cc(C2CCCCC2)no1. The highest BCUT2D eigenvalue weighted by Gasteiger charge is 2.24. The summed E-state index contributed by atoms with van der Waals surface area (Å²) in [5.74, 6) is 1.65. The summed E-state index contributed by atoms with van der Waals surface area (Å²) in [5, 5.41) is 4.32. The van der Waals surface area contributed by atoms with Gasteiger partial charge in [0.2, 0.25) is 0 Å². The van der Waals surface area contributed by atoms with Gasteiger partial charge in [-0.05, 0) is 19.3 Å². The number of hydrogen-bond acceptors (Lipinski definition) is 4. The predicted octanol–water partition coefficient (Wildman–Crippen LogP) is 3.33. The van der Waals surface area contributed by atoms with Crippen LogP contribution in [-0.2, 0) is 11.3 Å². The van der Waals surface area contributed by atoms with E-state index in [1.165, 1.54) is 37.8 Å². The molecule has 112 valence electrons. The molecule has 0 radical (unpaired) electrons. The number of hydrogen-bond donors (Lipinski definition) is 0. The first-order chi connectivity index (χ1) is 9.86. The van der Waals surface area contributed by atoms with Crippen molar-refractivity contribution >= 4 is 0 Å². The Kier molecular flexibility index (Phi) is 4.73. The van der Waals surface area contributed by atoms with Gasteiger partial charge in [0.1, 0.15) is 0 Å². The van der Waals surface area contributed by atoms with Crippen LogP contribution in [0.15, 0.2) is 10.6 Å². The van der Waals surface area contributed by atoms with Gasteiger partial charge in [0, 0.05) is 24.6 Å². The van der Waals surface area contributed by atoms with E-state index in [0.29, 0.717) is 12.0 Å². The van der Waals surface area contributed by atoms with Gasteiger partial charge < -0.3 is 9.26 Å². The molecule has 1 aromatic heterocycles. The molecule has 0 bridgehead atoms. The minimum atomic E-state index is 0.520. The molecule has 1 unspecified atom stereocenters. The molecule has 3 rings (SSSR count). The van der Waals surface area contributed by atoms with Crippen LogP contribution in [0.1, 0.15) is 62.8 Å². The third-order valence-corrected chi connectivity index (χ3v) is 4.78. The van der Waals surface area contributed by atoms with Crippen LogP contribution < -0.4 is 0 Å². The lowest BCUT2D eigenvalue weighted by Gasteiger charge is -2.34. The summed E-state index contributed by atoms with van der Waals surface area (Å²) in [6.45, 7) is 5.78. The maximum Gasteiger partial charge on any atom is 0.150 e. The van der Waals surface area contributed by atoms with Gasteiger partial charge >= 0.3 is 0 Å². The zero-order valence-electron chi connectivity index (χ0n) is 12.5. The van der Waals surface area contributed by atoms with Crippen molar-refractivity contribution in [1.29, 1.82) is 0 Å². The number of ether oxygens (including phenoxy) is 1. The molecule has 0 aromatic carbocycles. The van der Waals surface area contributed by atoms with Gasteiger partial charge in [-0.1, -0.05) is 31.3 Å². The highest BCUT2D eigenvalue weighted by molar-refractivity contribution is 5.11. The summed E-state index contributed by atoms with van der Waals surface area (Å²) in [6.07, 6.45) is 7.75. The minimum Gasteiger partial charge on any atom is -0.378 e. The Morgan fingerprint density at radius 2 is 2.15 bits per heavy atom. The molecule has 1 aliphatic heterocycles. The molecular formula is C16H26N2O2. The quantitative estimate of drug-likeness (QED) is 0.846. The summed E-state index contributed by atoms with van der Waals surface area (Å²) in [5.41, 5.74) is 1.18. The number of nitrogens with zero attached hydrogens (tertiary/aromatic N) is 2. The summed E-state index contributed by atoms with van der Waals surface area (Å²) in [4.78, 5) is 2.47. The molecule has 4 nitrogen and oxygen atoms in total. The second kappa shape index (κ2) is 6.72. The Morgan fingerprint density at radius 1 is 1.30 bits per heavy atom. The molecule has 0 amide bonds. The standard InChI is InChI=1S/C16H26N2O2/c1-2-14-12-19-9-8-18(14)11-15-10-16(17-20-15)13-6-4-3-5-7-13/h10,13-14H,2-9,11-12H2,1H3. The largest absolute Gasteiger partial charge is 0.378 e. The van der Waals surface area contributed by atoms with Crippen molar-refractivity contribution in [1.82, 2.24) is 10.1 Å². The lowest BCUT2D eigenvalue weighted by Crippen LogP contribution is -2.44. The molecule has 2 fully saturated rings. The van der Waals surface area contributed by atoms with Crippen molar-refractivity contribution in [2.24, 2.45) is 0 Å². The lowest BCUT2D eigenvalue weighted by molar-refractivity contribution is -0.0160. The van der Waals surface area contributed by atoms with Crippen LogP contribution in [-0.4, -0.2) is 35.9 Å². The number of morpholine rings is 1. The van der Waals surface area contributed by atoms with E-state index in [4.69, 9.17) is 9.26 Å². The van der Waals surface area contributed by atoms with Crippen LogP contribution in [0.3, 0.4) is 0 Å². The van der Waals surface area contributed by atoms with Gasteiger partial charge in [-0.2, -0.15) is 0 Å². The molecule has 1 saturated carbocycles. The van der Waals surface area contributed by atoms with E-state index in [1.807, 2.05) is 0 Å². The average molecular weight is 278 g/mol. The smallest absolute Gasteiger partial charge is 0.150 e. The summed E-state index contributed by atoms with van der Waals surface area (Å²) in [6, 6.07) is 2.71. The third kappa shape index (κ3) is 3.23. The van der Waals surface area contributed by atoms with Crippen LogP contribution in [0.4, 0.5) is 0 Å². The highest BCUT2D eigenvalue weighted by Crippen LogP contribution is 2.32. The molecule has 1 aromatic rings. The lowest BCUT2D eigenvalue weighted by atomic mass is 9.87. The predicted molar refractivity (Wildman–Crippen MR) is 77.6 cm³/mol. The zero-order chi connectivity index (χ0) is 13.8. The van der Waals surface area contributed by atoms with Crippen LogP contribution in [0.25, 0.3) is 0 Å². The van der Waals surface area contributed by atoms with E-state index in [9.17, 15) is 0 Å². The maximum absolute atomic E-state index is 5.58. The number of aromatic nitrogens is 1. The molecule has 1 atom stereocenters. The molecule has 2 heterocycles. The molecule has 4 heteroatoms. The fourth-order valence-electron chi connectivity index (χ4n) is 3.47.